The van der Waals surface area contributed by atoms with Crippen LogP contribution in [0, 0.1) is 0 Å². The Balaban J connectivity index is 1.90. The van der Waals surface area contributed by atoms with Crippen molar-refractivity contribution in [3.63, 3.8) is 0 Å². The average Bonchev–Trinajstić information content (AvgIpc) is 2.78. The Morgan fingerprint density at radius 1 is 1.35 bits per heavy atom. The molecule has 0 fully saturated rings. The molecule has 1 unspecified atom stereocenters. The van der Waals surface area contributed by atoms with Crippen LogP contribution in [0.5, 0.6) is 0 Å². The van der Waals surface area contributed by atoms with E-state index in [9.17, 15) is 4.79 Å². The van der Waals surface area contributed by atoms with Crippen LogP contribution in [-0.2, 0) is 6.42 Å². The summed E-state index contributed by atoms with van der Waals surface area (Å²) in [7, 11) is 0. The lowest BCUT2D eigenvalue weighted by molar-refractivity contribution is 0.100. The number of benzene rings is 1. The molecule has 0 aliphatic carbocycles. The summed E-state index contributed by atoms with van der Waals surface area (Å²) < 4.78 is 0. The van der Waals surface area contributed by atoms with Gasteiger partial charge in [-0.25, -0.2) is 0 Å². The van der Waals surface area contributed by atoms with Crippen molar-refractivity contribution in [2.45, 2.75) is 25.8 Å². The van der Waals surface area contributed by atoms with Gasteiger partial charge in [0.25, 0.3) is 5.91 Å². The van der Waals surface area contributed by atoms with Crippen LogP contribution in [0.4, 0.5) is 10.7 Å². The van der Waals surface area contributed by atoms with Crippen LogP contribution in [0.25, 0.3) is 0 Å². The molecule has 0 saturated heterocycles. The number of carbonyl (C=O) groups is 1. The van der Waals surface area contributed by atoms with Crippen molar-refractivity contribution in [2.75, 3.05) is 11.1 Å². The minimum absolute atomic E-state index is 0.300. The Hall–Kier alpha value is -2.01. The molecular formula is C15H19N3OS. The highest BCUT2D eigenvalue weighted by Gasteiger charge is 2.12. The highest BCUT2D eigenvalue weighted by molar-refractivity contribution is 7.18. The summed E-state index contributed by atoms with van der Waals surface area (Å²) in [6.07, 6.45) is 2.02. The van der Waals surface area contributed by atoms with Gasteiger partial charge in [-0.15, -0.1) is 11.3 Å². The highest BCUT2D eigenvalue weighted by Crippen LogP contribution is 2.29. The minimum atomic E-state index is -0.475. The van der Waals surface area contributed by atoms with E-state index in [1.54, 1.807) is 6.07 Å². The molecule has 0 aliphatic rings. The van der Waals surface area contributed by atoms with Crippen molar-refractivity contribution in [1.82, 2.24) is 0 Å². The van der Waals surface area contributed by atoms with E-state index < -0.39 is 5.91 Å². The fourth-order valence-electron chi connectivity index (χ4n) is 2.01. The Kier molecular flexibility index (Phi) is 4.63. The molecular weight excluding hydrogens is 270 g/mol. The lowest BCUT2D eigenvalue weighted by atomic mass is 10.1. The van der Waals surface area contributed by atoms with Crippen LogP contribution in [0.1, 0.15) is 28.6 Å². The monoisotopic (exact) mass is 289 g/mol. The Labute approximate surface area is 122 Å². The molecule has 2 aromatic rings. The van der Waals surface area contributed by atoms with E-state index in [0.29, 0.717) is 16.6 Å². The number of primary amides is 1. The summed E-state index contributed by atoms with van der Waals surface area (Å²) in [6.45, 7) is 2.11. The van der Waals surface area contributed by atoms with Crippen molar-refractivity contribution in [3.05, 3.63) is 46.8 Å². The number of carbonyl (C=O) groups excluding carboxylic acids is 1. The van der Waals surface area contributed by atoms with E-state index in [0.717, 1.165) is 17.8 Å². The van der Waals surface area contributed by atoms with Crippen molar-refractivity contribution < 1.29 is 4.79 Å². The molecule has 2 rings (SSSR count). The maximum absolute atomic E-state index is 11.2. The topological polar surface area (TPSA) is 81.1 Å². The molecule has 0 saturated carbocycles. The summed E-state index contributed by atoms with van der Waals surface area (Å²) >= 11 is 1.31. The fourth-order valence-corrected chi connectivity index (χ4v) is 2.95. The van der Waals surface area contributed by atoms with Gasteiger partial charge in [-0.1, -0.05) is 30.3 Å². The normalized spacial score (nSPS) is 12.1. The molecule has 20 heavy (non-hydrogen) atoms. The van der Waals surface area contributed by atoms with Gasteiger partial charge in [0.1, 0.15) is 4.88 Å². The van der Waals surface area contributed by atoms with E-state index in [2.05, 4.69) is 24.4 Å². The first-order valence-corrected chi connectivity index (χ1v) is 7.37. The molecule has 0 spiro atoms. The summed E-state index contributed by atoms with van der Waals surface area (Å²) in [5, 5.41) is 4.24. The number of hydrogen-bond donors (Lipinski definition) is 3. The molecule has 1 atom stereocenters. The van der Waals surface area contributed by atoms with Crippen LogP contribution >= 0.6 is 11.3 Å². The van der Waals surface area contributed by atoms with Gasteiger partial charge in [0.2, 0.25) is 0 Å². The second-order valence-electron chi connectivity index (χ2n) is 4.83. The summed E-state index contributed by atoms with van der Waals surface area (Å²) in [5.41, 5.74) is 12.8. The second kappa shape index (κ2) is 6.43. The first-order chi connectivity index (χ1) is 9.56. The predicted molar refractivity (Wildman–Crippen MR) is 85.1 cm³/mol. The molecule has 5 heteroatoms. The molecule has 1 amide bonds. The summed E-state index contributed by atoms with van der Waals surface area (Å²) in [4.78, 5) is 11.6. The van der Waals surface area contributed by atoms with Gasteiger partial charge in [-0.3, -0.25) is 4.79 Å². The van der Waals surface area contributed by atoms with Crippen LogP contribution in [0.15, 0.2) is 36.4 Å². The van der Waals surface area contributed by atoms with Gasteiger partial charge in [0.05, 0.1) is 10.7 Å². The molecule has 1 heterocycles. The number of nitrogen functional groups attached to an aromatic ring is 1. The number of anilines is 2. The Morgan fingerprint density at radius 2 is 2.05 bits per heavy atom. The van der Waals surface area contributed by atoms with Crippen LogP contribution in [0.2, 0.25) is 0 Å². The van der Waals surface area contributed by atoms with Gasteiger partial charge >= 0.3 is 0 Å². The minimum Gasteiger partial charge on any atom is -0.397 e. The predicted octanol–water partition coefficient (Wildman–Crippen LogP) is 2.86. The summed E-state index contributed by atoms with van der Waals surface area (Å²) in [6, 6.07) is 12.4. The molecule has 0 aliphatic heterocycles. The Bertz CT molecular complexity index is 580. The molecule has 1 aromatic carbocycles. The van der Waals surface area contributed by atoms with E-state index in [1.165, 1.54) is 16.9 Å². The Morgan fingerprint density at radius 3 is 2.65 bits per heavy atom. The van der Waals surface area contributed by atoms with Gasteiger partial charge < -0.3 is 16.8 Å². The van der Waals surface area contributed by atoms with Crippen molar-refractivity contribution in [3.8, 4) is 0 Å². The zero-order valence-electron chi connectivity index (χ0n) is 11.4. The number of aryl methyl sites for hydroxylation is 1. The highest BCUT2D eigenvalue weighted by atomic mass is 32.1. The molecule has 5 N–H and O–H groups in total. The molecule has 0 radical (unpaired) electrons. The number of thiophene rings is 1. The molecule has 106 valence electrons. The zero-order valence-corrected chi connectivity index (χ0v) is 12.2. The standard InChI is InChI=1S/C15H19N3OS/c1-10(7-8-11-5-3-2-4-6-11)18-13-9-12(16)14(20-13)15(17)19/h2-6,9-10,18H,7-8,16H2,1H3,(H2,17,19). The number of rotatable bonds is 6. The smallest absolute Gasteiger partial charge is 0.260 e. The van der Waals surface area contributed by atoms with E-state index in [-0.39, 0.29) is 0 Å². The molecule has 1 aromatic heterocycles. The number of nitrogens with one attached hydrogen (secondary N) is 1. The third kappa shape index (κ3) is 3.74. The lowest BCUT2D eigenvalue weighted by Crippen LogP contribution is -2.15. The molecule has 0 bridgehead atoms. The maximum atomic E-state index is 11.2. The van der Waals surface area contributed by atoms with E-state index in [4.69, 9.17) is 11.5 Å². The van der Waals surface area contributed by atoms with Crippen LogP contribution in [-0.4, -0.2) is 11.9 Å². The molecule has 4 nitrogen and oxygen atoms in total. The maximum Gasteiger partial charge on any atom is 0.260 e. The zero-order chi connectivity index (χ0) is 14.5. The third-order valence-corrected chi connectivity index (χ3v) is 4.18. The van der Waals surface area contributed by atoms with Crippen molar-refractivity contribution in [2.24, 2.45) is 5.73 Å². The van der Waals surface area contributed by atoms with Gasteiger partial charge in [-0.2, -0.15) is 0 Å². The lowest BCUT2D eigenvalue weighted by Gasteiger charge is -2.13. The van der Waals surface area contributed by atoms with Gasteiger partial charge in [-0.05, 0) is 31.4 Å². The average molecular weight is 289 g/mol. The second-order valence-corrected chi connectivity index (χ2v) is 5.88. The first kappa shape index (κ1) is 14.4. The fraction of sp³-hybridized carbons (Fsp3) is 0.267. The van der Waals surface area contributed by atoms with E-state index >= 15 is 0 Å². The van der Waals surface area contributed by atoms with Crippen molar-refractivity contribution in [1.29, 1.82) is 0 Å². The van der Waals surface area contributed by atoms with Crippen LogP contribution < -0.4 is 16.8 Å². The number of nitrogens with two attached hydrogens (primary N) is 2. The van der Waals surface area contributed by atoms with E-state index in [1.807, 2.05) is 18.2 Å². The van der Waals surface area contributed by atoms with Gasteiger partial charge in [0.15, 0.2) is 0 Å². The van der Waals surface area contributed by atoms with Crippen molar-refractivity contribution >= 4 is 27.9 Å². The number of hydrogen-bond acceptors (Lipinski definition) is 4. The van der Waals surface area contributed by atoms with Gasteiger partial charge in [0, 0.05) is 6.04 Å². The summed E-state index contributed by atoms with van der Waals surface area (Å²) in [5.74, 6) is -0.475. The number of amides is 1. The van der Waals surface area contributed by atoms with Crippen LogP contribution in [0.3, 0.4) is 0 Å². The quantitative estimate of drug-likeness (QED) is 0.765. The largest absolute Gasteiger partial charge is 0.397 e. The first-order valence-electron chi connectivity index (χ1n) is 6.56. The SMILES string of the molecule is CC(CCc1ccccc1)Nc1cc(N)c(C(N)=O)s1. The third-order valence-electron chi connectivity index (χ3n) is 3.08.